The molecule has 0 bridgehead atoms. The maximum absolute atomic E-state index is 3.71. The third kappa shape index (κ3) is 5.61. The van der Waals surface area contributed by atoms with Crippen LogP contribution < -0.4 is 0 Å². The van der Waals surface area contributed by atoms with E-state index in [2.05, 4.69) is 20.4 Å². The van der Waals surface area contributed by atoms with Gasteiger partial charge < -0.3 is 0 Å². The molecule has 0 aromatic carbocycles. The number of hydrogen-bond donors (Lipinski definition) is 0. The van der Waals surface area contributed by atoms with Gasteiger partial charge in [0.1, 0.15) is 0 Å². The van der Waals surface area contributed by atoms with Crippen molar-refractivity contribution in [1.82, 2.24) is 0 Å². The Hall–Kier alpha value is -0.260. The summed E-state index contributed by atoms with van der Waals surface area (Å²) in [5.74, 6) is 0.849. The number of allylic oxidation sites excluding steroid dienone is 1. The second-order valence-corrected chi connectivity index (χ2v) is 2.77. The highest BCUT2D eigenvalue weighted by Crippen LogP contribution is 2.11. The molecule has 0 spiro atoms. The van der Waals surface area contributed by atoms with Gasteiger partial charge in [-0.25, -0.2) is 0 Å². The van der Waals surface area contributed by atoms with Crippen LogP contribution in [0.5, 0.6) is 0 Å². The molecule has 0 unspecified atom stereocenters. The number of rotatable bonds is 5. The van der Waals surface area contributed by atoms with Crippen molar-refractivity contribution < 1.29 is 0 Å². The summed E-state index contributed by atoms with van der Waals surface area (Å²) in [6, 6.07) is 0. The first-order valence-corrected chi connectivity index (χ1v) is 3.92. The van der Waals surface area contributed by atoms with Gasteiger partial charge in [0, 0.05) is 0 Å². The van der Waals surface area contributed by atoms with Gasteiger partial charge in [0.2, 0.25) is 0 Å². The van der Waals surface area contributed by atoms with E-state index in [1.54, 1.807) is 0 Å². The SMILES string of the molecule is C=CC[C@@H](C)CCCC. The van der Waals surface area contributed by atoms with Crippen LogP contribution in [0.1, 0.15) is 39.5 Å². The smallest absolute Gasteiger partial charge is 0.0328 e. The summed E-state index contributed by atoms with van der Waals surface area (Å²) in [7, 11) is 0. The third-order valence-electron chi connectivity index (χ3n) is 1.62. The Morgan fingerprint density at radius 2 is 2.22 bits per heavy atom. The van der Waals surface area contributed by atoms with Crippen LogP contribution in [0.2, 0.25) is 0 Å². The Balaban J connectivity index is 3.04. The highest BCUT2D eigenvalue weighted by molar-refractivity contribution is 4.69. The fraction of sp³-hybridized carbons (Fsp3) is 0.778. The maximum Gasteiger partial charge on any atom is -0.0328 e. The summed E-state index contributed by atoms with van der Waals surface area (Å²) >= 11 is 0. The quantitative estimate of drug-likeness (QED) is 0.495. The lowest BCUT2D eigenvalue weighted by Crippen LogP contribution is -1.90. The molecule has 0 heteroatoms. The minimum absolute atomic E-state index is 0.849. The normalized spacial score (nSPS) is 13.1. The summed E-state index contributed by atoms with van der Waals surface area (Å²) in [4.78, 5) is 0. The van der Waals surface area contributed by atoms with Crippen LogP contribution >= 0.6 is 0 Å². The van der Waals surface area contributed by atoms with E-state index in [9.17, 15) is 0 Å². The lowest BCUT2D eigenvalue weighted by Gasteiger charge is -2.05. The first-order valence-electron chi connectivity index (χ1n) is 3.92. The van der Waals surface area contributed by atoms with Crippen molar-refractivity contribution in [3.63, 3.8) is 0 Å². The van der Waals surface area contributed by atoms with Crippen molar-refractivity contribution >= 4 is 0 Å². The van der Waals surface area contributed by atoms with Crippen LogP contribution in [0.15, 0.2) is 12.7 Å². The van der Waals surface area contributed by atoms with E-state index in [1.165, 1.54) is 25.7 Å². The molecule has 0 fully saturated rings. The lowest BCUT2D eigenvalue weighted by molar-refractivity contribution is 0.512. The van der Waals surface area contributed by atoms with Crippen LogP contribution in [0.25, 0.3) is 0 Å². The molecule has 0 aliphatic rings. The fourth-order valence-corrected chi connectivity index (χ4v) is 0.955. The van der Waals surface area contributed by atoms with Gasteiger partial charge in [-0.15, -0.1) is 6.58 Å². The Morgan fingerprint density at radius 1 is 1.56 bits per heavy atom. The Bertz CT molecular complexity index is 64.4. The lowest BCUT2D eigenvalue weighted by atomic mass is 10.0. The van der Waals surface area contributed by atoms with Crippen LogP contribution in [-0.4, -0.2) is 0 Å². The Morgan fingerprint density at radius 3 is 2.67 bits per heavy atom. The van der Waals surface area contributed by atoms with Gasteiger partial charge in [-0.3, -0.25) is 0 Å². The van der Waals surface area contributed by atoms with E-state index in [0.717, 1.165) is 5.92 Å². The molecule has 1 atom stereocenters. The monoisotopic (exact) mass is 126 g/mol. The topological polar surface area (TPSA) is 0 Å². The zero-order valence-corrected chi connectivity index (χ0v) is 6.69. The minimum Gasteiger partial charge on any atom is -0.103 e. The molecule has 0 N–H and O–H groups in total. The third-order valence-corrected chi connectivity index (χ3v) is 1.62. The molecule has 0 aliphatic carbocycles. The van der Waals surface area contributed by atoms with E-state index in [-0.39, 0.29) is 0 Å². The number of hydrogen-bond acceptors (Lipinski definition) is 0. The summed E-state index contributed by atoms with van der Waals surface area (Å²) < 4.78 is 0. The second kappa shape index (κ2) is 5.87. The van der Waals surface area contributed by atoms with Gasteiger partial charge in [0.05, 0.1) is 0 Å². The summed E-state index contributed by atoms with van der Waals surface area (Å²) in [6.07, 6.45) is 7.25. The minimum atomic E-state index is 0.849. The molecular weight excluding hydrogens is 108 g/mol. The van der Waals surface area contributed by atoms with Crippen molar-refractivity contribution in [3.8, 4) is 0 Å². The van der Waals surface area contributed by atoms with Crippen LogP contribution in [-0.2, 0) is 0 Å². The summed E-state index contributed by atoms with van der Waals surface area (Å²) in [5.41, 5.74) is 0. The molecule has 0 nitrogen and oxygen atoms in total. The van der Waals surface area contributed by atoms with Gasteiger partial charge in [0.25, 0.3) is 0 Å². The van der Waals surface area contributed by atoms with E-state index in [0.29, 0.717) is 0 Å². The van der Waals surface area contributed by atoms with E-state index in [4.69, 9.17) is 0 Å². The molecule has 54 valence electrons. The first kappa shape index (κ1) is 8.74. The molecule has 9 heavy (non-hydrogen) atoms. The largest absolute Gasteiger partial charge is 0.103 e. The van der Waals surface area contributed by atoms with Crippen LogP contribution in [0, 0.1) is 5.92 Å². The Labute approximate surface area is 59.0 Å². The molecule has 0 radical (unpaired) electrons. The van der Waals surface area contributed by atoms with E-state index in [1.807, 2.05) is 6.08 Å². The van der Waals surface area contributed by atoms with Crippen molar-refractivity contribution in [3.05, 3.63) is 12.7 Å². The highest BCUT2D eigenvalue weighted by atomic mass is 14.0. The highest BCUT2D eigenvalue weighted by Gasteiger charge is 1.96. The molecule has 0 aromatic rings. The first-order chi connectivity index (χ1) is 4.31. The molecule has 0 saturated carbocycles. The molecule has 0 saturated heterocycles. The van der Waals surface area contributed by atoms with Gasteiger partial charge >= 0.3 is 0 Å². The van der Waals surface area contributed by atoms with Gasteiger partial charge in [0.15, 0.2) is 0 Å². The van der Waals surface area contributed by atoms with Crippen molar-refractivity contribution in [2.45, 2.75) is 39.5 Å². The van der Waals surface area contributed by atoms with Gasteiger partial charge in [-0.1, -0.05) is 39.2 Å². The van der Waals surface area contributed by atoms with Gasteiger partial charge in [-0.05, 0) is 12.3 Å². The summed E-state index contributed by atoms with van der Waals surface area (Å²) in [6.45, 7) is 8.23. The Kier molecular flexibility index (Phi) is 5.70. The standard InChI is InChI=1S/C9H18/c1-4-6-8-9(3)7-5-2/h5,9H,2,4,6-8H2,1,3H3/t9-/m1/s1. The average Bonchev–Trinajstić information content (AvgIpc) is 1.85. The molecular formula is C9H18. The zero-order chi connectivity index (χ0) is 7.11. The number of unbranched alkanes of at least 4 members (excludes halogenated alkanes) is 1. The van der Waals surface area contributed by atoms with Gasteiger partial charge in [-0.2, -0.15) is 0 Å². The second-order valence-electron chi connectivity index (χ2n) is 2.77. The van der Waals surface area contributed by atoms with E-state index < -0.39 is 0 Å². The van der Waals surface area contributed by atoms with Crippen molar-refractivity contribution in [2.24, 2.45) is 5.92 Å². The molecule has 0 heterocycles. The molecule has 0 aliphatic heterocycles. The predicted molar refractivity (Wildman–Crippen MR) is 43.5 cm³/mol. The molecule has 0 aromatic heterocycles. The summed E-state index contributed by atoms with van der Waals surface area (Å²) in [5, 5.41) is 0. The van der Waals surface area contributed by atoms with E-state index >= 15 is 0 Å². The maximum atomic E-state index is 3.71. The average molecular weight is 126 g/mol. The fourth-order valence-electron chi connectivity index (χ4n) is 0.955. The molecule has 0 rings (SSSR count). The van der Waals surface area contributed by atoms with Crippen LogP contribution in [0.4, 0.5) is 0 Å². The van der Waals surface area contributed by atoms with Crippen molar-refractivity contribution in [2.75, 3.05) is 0 Å². The van der Waals surface area contributed by atoms with Crippen LogP contribution in [0.3, 0.4) is 0 Å². The van der Waals surface area contributed by atoms with Crippen molar-refractivity contribution in [1.29, 1.82) is 0 Å². The predicted octanol–water partition coefficient (Wildman–Crippen LogP) is 3.39. The molecule has 0 amide bonds. The zero-order valence-electron chi connectivity index (χ0n) is 6.69.